The Balaban J connectivity index is 0.000000895. The Hall–Kier alpha value is -5.49. The third-order valence-electron chi connectivity index (χ3n) is 10.1. The van der Waals surface area contributed by atoms with Crippen LogP contribution in [0.2, 0.25) is 0 Å². The van der Waals surface area contributed by atoms with Crippen LogP contribution in [0.1, 0.15) is 104 Å². The lowest BCUT2D eigenvalue weighted by Crippen LogP contribution is -2.38. The van der Waals surface area contributed by atoms with Gasteiger partial charge >= 0.3 is 5.97 Å². The molecule has 0 saturated carbocycles. The van der Waals surface area contributed by atoms with E-state index in [1.807, 2.05) is 56.5 Å². The van der Waals surface area contributed by atoms with Crippen molar-refractivity contribution in [2.24, 2.45) is 11.8 Å². The van der Waals surface area contributed by atoms with Gasteiger partial charge in [-0.2, -0.15) is 0 Å². The lowest BCUT2D eigenvalue weighted by Gasteiger charge is -2.18. The number of nitrogens with zero attached hydrogens (tertiary/aromatic N) is 3. The van der Waals surface area contributed by atoms with Gasteiger partial charge in [0.2, 0.25) is 12.3 Å². The molecule has 2 heterocycles. The van der Waals surface area contributed by atoms with E-state index in [0.29, 0.717) is 18.0 Å². The number of benzene rings is 2. The first-order valence-corrected chi connectivity index (χ1v) is 24.0. The number of aliphatic hydroxyl groups excluding tert-OH is 1. The zero-order valence-electron chi connectivity index (χ0n) is 42.7. The normalized spacial score (nSPS) is 11.8. The fraction of sp³-hybridized carbons (Fsp3) is 0.529. The molecule has 4 rings (SSSR count). The van der Waals surface area contributed by atoms with Gasteiger partial charge in [0.05, 0.1) is 38.0 Å². The Morgan fingerprint density at radius 3 is 2.01 bits per heavy atom. The molecule has 3 unspecified atom stereocenters. The standard InChI is InChI=1S/C17H19N3O2S.C12H16FNO.C12H23NO2.C9H18N2O2.CH4O/c1-10(2)18-17-20-15(9-23-17)14-8-16(22-4)12-6-5-11(21-3)7-13(12)19-14;1-8(2)11(14-3)12(15)9-4-6-10(13)7-5-9;1-4-5-6-7-8-9-10(2)11(13-3)12(14)15;1-3-4-5-6-11(2)9(13)7-10-8-12;1-2/h5-10H,1-4H3,(H,18,20);4-8,11,14H,1-3H3;8-11,13H,4-7H2,1-3H3,(H,14,15);8H,3-7H2,1-2H3,(H,10,12);2H,1H3/b;;9-8-;;. The summed E-state index contributed by atoms with van der Waals surface area (Å²) in [5.41, 5.74) is 2.99. The van der Waals surface area contributed by atoms with Crippen molar-refractivity contribution in [1.29, 1.82) is 0 Å². The lowest BCUT2D eigenvalue weighted by molar-refractivity contribution is -0.140. The summed E-state index contributed by atoms with van der Waals surface area (Å²) in [6.07, 6.45) is 12.6. The summed E-state index contributed by atoms with van der Waals surface area (Å²) in [7, 11) is 9.50. The second kappa shape index (κ2) is 36.5. The lowest BCUT2D eigenvalue weighted by atomic mass is 9.95. The molecular weight excluding hydrogens is 890 g/mol. The van der Waals surface area contributed by atoms with Crippen molar-refractivity contribution >= 4 is 51.4 Å². The van der Waals surface area contributed by atoms with Crippen LogP contribution in [0.4, 0.5) is 9.52 Å². The van der Waals surface area contributed by atoms with Gasteiger partial charge < -0.3 is 45.9 Å². The second-order valence-electron chi connectivity index (χ2n) is 16.2. The predicted octanol–water partition coefficient (Wildman–Crippen LogP) is 8.87. The Bertz CT molecular complexity index is 2050. The maximum atomic E-state index is 12.7. The number of hydrogen-bond acceptors (Lipinski definition) is 13. The summed E-state index contributed by atoms with van der Waals surface area (Å²) in [4.78, 5) is 54.8. The first-order chi connectivity index (χ1) is 32.5. The van der Waals surface area contributed by atoms with E-state index < -0.39 is 12.0 Å². The number of amides is 2. The molecule has 0 aliphatic heterocycles. The quantitative estimate of drug-likeness (QED) is 0.0168. The molecule has 6 N–H and O–H groups in total. The number of hydrogen-bond donors (Lipinski definition) is 6. The number of rotatable bonds is 24. The van der Waals surface area contributed by atoms with Crippen molar-refractivity contribution < 1.29 is 43.3 Å². The number of anilines is 1. The summed E-state index contributed by atoms with van der Waals surface area (Å²) in [5, 5.41) is 31.2. The maximum absolute atomic E-state index is 12.7. The summed E-state index contributed by atoms with van der Waals surface area (Å²) in [5.74, 6) is 0.654. The summed E-state index contributed by atoms with van der Waals surface area (Å²) in [6, 6.07) is 13.0. The van der Waals surface area contributed by atoms with Crippen LogP contribution in [0.25, 0.3) is 22.3 Å². The highest BCUT2D eigenvalue weighted by Crippen LogP contribution is 2.33. The zero-order chi connectivity index (χ0) is 51.6. The first-order valence-electron chi connectivity index (χ1n) is 23.2. The molecule has 0 bridgehead atoms. The van der Waals surface area contributed by atoms with Crippen molar-refractivity contribution in [2.75, 3.05) is 60.9 Å². The number of allylic oxidation sites excluding steroid dienone is 1. The minimum Gasteiger partial charge on any atom is -0.497 e. The molecule has 15 nitrogen and oxygen atoms in total. The Labute approximate surface area is 408 Å². The fourth-order valence-corrected chi connectivity index (χ4v) is 7.25. The zero-order valence-corrected chi connectivity index (χ0v) is 43.5. The molecule has 0 radical (unpaired) electrons. The molecule has 0 saturated heterocycles. The van der Waals surface area contributed by atoms with Crippen LogP contribution in [0.15, 0.2) is 66.1 Å². The number of carboxylic acid groups (broad SMARTS) is 1. The number of carbonyl (C=O) groups is 4. The highest BCUT2D eigenvalue weighted by Gasteiger charge is 2.22. The molecule has 3 atom stereocenters. The SMILES string of the molecule is CCCCC/C=C\C(C)C(NC)C(=O)O.CCCCCN(C)C(=O)CNC=O.CNC(C(=O)c1ccc(F)cc1)C(C)C.CO.COc1ccc2c(OC)cc(-c3csc(NC(C)C)n3)nc2c1. The number of thiazole rings is 1. The number of pyridine rings is 1. The third kappa shape index (κ3) is 24.0. The van der Waals surface area contributed by atoms with Gasteiger partial charge in [0.15, 0.2) is 10.9 Å². The van der Waals surface area contributed by atoms with Gasteiger partial charge in [-0.15, -0.1) is 11.3 Å². The van der Waals surface area contributed by atoms with E-state index in [1.165, 1.54) is 43.5 Å². The number of nitrogens with one attached hydrogen (secondary N) is 4. The van der Waals surface area contributed by atoms with Crippen LogP contribution in [0.3, 0.4) is 0 Å². The van der Waals surface area contributed by atoms with Crippen molar-refractivity contribution in [3.05, 3.63) is 77.4 Å². The molecule has 380 valence electrons. The number of carboxylic acids is 1. The number of aromatic nitrogens is 2. The Morgan fingerprint density at radius 2 is 1.49 bits per heavy atom. The predicted molar refractivity (Wildman–Crippen MR) is 275 cm³/mol. The van der Waals surface area contributed by atoms with E-state index in [-0.39, 0.29) is 41.9 Å². The molecule has 4 aromatic rings. The number of ketones is 1. The van der Waals surface area contributed by atoms with Gasteiger partial charge in [0.1, 0.15) is 29.1 Å². The molecule has 17 heteroatoms. The molecule has 0 spiro atoms. The van der Waals surface area contributed by atoms with Gasteiger partial charge in [0.25, 0.3) is 0 Å². The number of unbranched alkanes of at least 4 members (excludes halogenated alkanes) is 5. The van der Waals surface area contributed by atoms with Crippen LogP contribution >= 0.6 is 11.3 Å². The summed E-state index contributed by atoms with van der Waals surface area (Å²) < 4.78 is 23.5. The number of Topliss-reactive ketones (excluding diaryl/α,β-unsaturated/α-hetero) is 1. The second-order valence-corrected chi connectivity index (χ2v) is 17.1. The summed E-state index contributed by atoms with van der Waals surface area (Å²) in [6.45, 7) is 15.2. The monoisotopic (exact) mass is 970 g/mol. The number of fused-ring (bicyclic) bond motifs is 1. The van der Waals surface area contributed by atoms with E-state index in [9.17, 15) is 23.6 Å². The van der Waals surface area contributed by atoms with Crippen LogP contribution in [-0.2, 0) is 14.4 Å². The molecule has 68 heavy (non-hydrogen) atoms. The number of ether oxygens (including phenoxy) is 2. The molecule has 0 aliphatic rings. The number of methoxy groups -OCH3 is 2. The minimum atomic E-state index is -0.789. The molecule has 2 amide bonds. The van der Waals surface area contributed by atoms with E-state index in [0.717, 1.165) is 78.3 Å². The third-order valence-corrected chi connectivity index (χ3v) is 10.9. The highest BCUT2D eigenvalue weighted by molar-refractivity contribution is 7.14. The Kier molecular flexibility index (Phi) is 33.6. The van der Waals surface area contributed by atoms with E-state index in [4.69, 9.17) is 24.7 Å². The van der Waals surface area contributed by atoms with Crippen LogP contribution in [0, 0.1) is 17.7 Å². The van der Waals surface area contributed by atoms with Gasteiger partial charge in [-0.1, -0.05) is 72.5 Å². The first kappa shape index (κ1) is 62.5. The summed E-state index contributed by atoms with van der Waals surface area (Å²) >= 11 is 1.57. The number of likely N-dealkylation sites (N-methyl/N-ethyl adjacent to an activating group) is 3. The molecule has 2 aromatic heterocycles. The van der Waals surface area contributed by atoms with Crippen molar-refractivity contribution in [3.8, 4) is 22.9 Å². The topological polar surface area (TPSA) is 204 Å². The van der Waals surface area contributed by atoms with E-state index in [1.54, 1.807) is 51.6 Å². The maximum Gasteiger partial charge on any atom is 0.321 e. The van der Waals surface area contributed by atoms with Crippen molar-refractivity contribution in [2.45, 2.75) is 112 Å². The highest BCUT2D eigenvalue weighted by atomic mass is 32.1. The van der Waals surface area contributed by atoms with Gasteiger partial charge in [0, 0.05) is 61.1 Å². The van der Waals surface area contributed by atoms with E-state index >= 15 is 0 Å². The van der Waals surface area contributed by atoms with Crippen molar-refractivity contribution in [3.63, 3.8) is 0 Å². The van der Waals surface area contributed by atoms with E-state index in [2.05, 4.69) is 60.0 Å². The molecule has 0 aliphatic carbocycles. The van der Waals surface area contributed by atoms with Crippen LogP contribution in [0.5, 0.6) is 11.5 Å². The van der Waals surface area contributed by atoms with Gasteiger partial charge in [-0.25, -0.2) is 14.4 Å². The smallest absolute Gasteiger partial charge is 0.321 e. The molecule has 0 fully saturated rings. The Morgan fingerprint density at radius 1 is 0.853 bits per heavy atom. The average molecular weight is 970 g/mol. The fourth-order valence-electron chi connectivity index (χ4n) is 6.40. The van der Waals surface area contributed by atoms with Crippen molar-refractivity contribution in [1.82, 2.24) is 30.8 Å². The minimum absolute atomic E-state index is 0.00694. The van der Waals surface area contributed by atoms with Crippen LogP contribution < -0.4 is 30.7 Å². The largest absolute Gasteiger partial charge is 0.497 e. The average Bonchev–Trinajstić information content (AvgIpc) is 3.79. The number of halogens is 1. The van der Waals surface area contributed by atoms with Gasteiger partial charge in [-0.05, 0) is 89.5 Å². The molecular formula is C51H80FN7O8S. The molecule has 2 aromatic carbocycles. The van der Waals surface area contributed by atoms with Crippen LogP contribution in [-0.4, -0.2) is 123 Å². The number of aliphatic carboxylic acids is 1. The number of carbonyl (C=O) groups excluding carboxylic acids is 3. The number of aliphatic hydroxyl groups is 1. The van der Waals surface area contributed by atoms with Gasteiger partial charge in [-0.3, -0.25) is 19.2 Å².